The SMILES string of the molecule is CC(CCNC(=O)CCC(CP(=O)(O)O)C(=O)O)[C@H]1CCC2C3CCC4C[C@H](O)CC[C@]4(C)C3C[C@H](O)[C@@]21C. The van der Waals surface area contributed by atoms with E-state index in [0.29, 0.717) is 42.1 Å². The van der Waals surface area contributed by atoms with Crippen LogP contribution in [0.25, 0.3) is 0 Å². The highest BCUT2D eigenvalue weighted by atomic mass is 31.2. The number of carboxylic acids is 1. The van der Waals surface area contributed by atoms with E-state index in [1.54, 1.807) is 0 Å². The second kappa shape index (κ2) is 11.7. The zero-order valence-corrected chi connectivity index (χ0v) is 24.7. The number of carbonyl (C=O) groups is 2. The molecule has 6 N–H and O–H groups in total. The summed E-state index contributed by atoms with van der Waals surface area (Å²) in [6.07, 6.45) is 7.56. The van der Waals surface area contributed by atoms with Gasteiger partial charge in [-0.1, -0.05) is 20.8 Å². The topological polar surface area (TPSA) is 164 Å². The molecule has 0 saturated heterocycles. The van der Waals surface area contributed by atoms with Crippen molar-refractivity contribution in [2.45, 2.75) is 104 Å². The predicted octanol–water partition coefficient (Wildman–Crippen LogP) is 3.78. The maximum absolute atomic E-state index is 12.4. The van der Waals surface area contributed by atoms with E-state index in [4.69, 9.17) is 9.79 Å². The molecule has 0 bridgehead atoms. The lowest BCUT2D eigenvalue weighted by Gasteiger charge is -2.62. The molecule has 6 unspecified atom stereocenters. The number of hydrogen-bond donors (Lipinski definition) is 6. The molecular formula is C29H50NO8P. The average molecular weight is 572 g/mol. The summed E-state index contributed by atoms with van der Waals surface area (Å²) >= 11 is 0. The zero-order valence-electron chi connectivity index (χ0n) is 23.8. The lowest BCUT2D eigenvalue weighted by Crippen LogP contribution is -2.58. The Morgan fingerprint density at radius 3 is 2.38 bits per heavy atom. The molecule has 0 spiro atoms. The number of carboxylic acid groups (broad SMARTS) is 1. The number of carbonyl (C=O) groups excluding carboxylic acids is 1. The Bertz CT molecular complexity index is 956. The monoisotopic (exact) mass is 571 g/mol. The van der Waals surface area contributed by atoms with Crippen LogP contribution in [0.4, 0.5) is 0 Å². The van der Waals surface area contributed by atoms with Gasteiger partial charge in [-0.05, 0) is 111 Å². The molecule has 0 aliphatic heterocycles. The lowest BCUT2D eigenvalue weighted by atomic mass is 9.43. The van der Waals surface area contributed by atoms with Gasteiger partial charge in [0, 0.05) is 13.0 Å². The molecule has 4 fully saturated rings. The maximum Gasteiger partial charge on any atom is 0.326 e. The van der Waals surface area contributed by atoms with Gasteiger partial charge in [0.05, 0.1) is 24.3 Å². The maximum atomic E-state index is 12.4. The molecular weight excluding hydrogens is 521 g/mol. The second-order valence-corrected chi connectivity index (χ2v) is 15.6. The van der Waals surface area contributed by atoms with Gasteiger partial charge < -0.3 is 30.4 Å². The van der Waals surface area contributed by atoms with Crippen LogP contribution >= 0.6 is 7.60 Å². The van der Waals surface area contributed by atoms with E-state index in [0.717, 1.165) is 44.9 Å². The minimum absolute atomic E-state index is 0.0901. The number of amides is 1. The number of nitrogens with one attached hydrogen (secondary N) is 1. The first kappa shape index (κ1) is 31.0. The minimum atomic E-state index is -4.47. The van der Waals surface area contributed by atoms with Crippen molar-refractivity contribution in [3.63, 3.8) is 0 Å². The Labute approximate surface area is 232 Å². The number of aliphatic hydroxyl groups excluding tert-OH is 2. The number of hydrogen-bond acceptors (Lipinski definition) is 5. The molecule has 0 aromatic carbocycles. The van der Waals surface area contributed by atoms with Crippen LogP contribution in [-0.2, 0) is 14.2 Å². The summed E-state index contributed by atoms with van der Waals surface area (Å²) in [7, 11) is -4.47. The van der Waals surface area contributed by atoms with Crippen molar-refractivity contribution in [3.05, 3.63) is 0 Å². The van der Waals surface area contributed by atoms with Crippen molar-refractivity contribution in [1.29, 1.82) is 0 Å². The molecule has 1 amide bonds. The standard InChI is InChI=1S/C29H50NO8P/c1-17(11-13-30-26(33)9-4-18(27(34)35)16-39(36,37)38)22-7-8-23-21-6-5-19-14-20(31)10-12-28(19,2)24(21)15-25(32)29(22,23)3/h17-25,31-32H,4-16H2,1-3H3,(H,30,33)(H,34,35)(H2,36,37,38)/t17?,18?,19?,20-,21?,22-,23?,24?,25+,28+,29-/m1/s1. The van der Waals surface area contributed by atoms with E-state index < -0.39 is 25.6 Å². The fourth-order valence-corrected chi connectivity index (χ4v) is 10.7. The van der Waals surface area contributed by atoms with Crippen LogP contribution in [0.5, 0.6) is 0 Å². The zero-order chi connectivity index (χ0) is 28.8. The Hall–Kier alpha value is -0.990. The summed E-state index contributed by atoms with van der Waals surface area (Å²) in [6.45, 7) is 7.40. The van der Waals surface area contributed by atoms with Crippen LogP contribution in [0.1, 0.15) is 91.4 Å². The summed E-state index contributed by atoms with van der Waals surface area (Å²) in [6, 6.07) is 0. The van der Waals surface area contributed by atoms with Crippen LogP contribution in [0.3, 0.4) is 0 Å². The van der Waals surface area contributed by atoms with Crippen LogP contribution < -0.4 is 5.32 Å². The van der Waals surface area contributed by atoms with Crippen LogP contribution in [0.2, 0.25) is 0 Å². The largest absolute Gasteiger partial charge is 0.481 e. The predicted molar refractivity (Wildman–Crippen MR) is 147 cm³/mol. The highest BCUT2D eigenvalue weighted by Crippen LogP contribution is 2.68. The van der Waals surface area contributed by atoms with Crippen LogP contribution in [0, 0.1) is 52.3 Å². The van der Waals surface area contributed by atoms with E-state index in [1.807, 2.05) is 0 Å². The number of rotatable bonds is 10. The molecule has 11 atom stereocenters. The third kappa shape index (κ3) is 6.28. The van der Waals surface area contributed by atoms with Gasteiger partial charge in [0.25, 0.3) is 0 Å². The number of aliphatic carboxylic acids is 1. The Kier molecular flexibility index (Phi) is 9.30. The van der Waals surface area contributed by atoms with Crippen molar-refractivity contribution >= 4 is 19.5 Å². The molecule has 10 heteroatoms. The Balaban J connectivity index is 1.31. The average Bonchev–Trinajstić information content (AvgIpc) is 3.21. The minimum Gasteiger partial charge on any atom is -0.481 e. The summed E-state index contributed by atoms with van der Waals surface area (Å²) in [5.74, 6) is 0.0176. The molecule has 0 heterocycles. The lowest BCUT2D eigenvalue weighted by molar-refractivity contribution is -0.174. The van der Waals surface area contributed by atoms with Crippen LogP contribution in [0.15, 0.2) is 0 Å². The smallest absolute Gasteiger partial charge is 0.326 e. The molecule has 9 nitrogen and oxygen atoms in total. The highest BCUT2D eigenvalue weighted by molar-refractivity contribution is 7.51. The van der Waals surface area contributed by atoms with Crippen molar-refractivity contribution in [2.75, 3.05) is 12.7 Å². The molecule has 39 heavy (non-hydrogen) atoms. The van der Waals surface area contributed by atoms with E-state index in [-0.39, 0.29) is 41.8 Å². The number of fused-ring (bicyclic) bond motifs is 5. The fraction of sp³-hybridized carbons (Fsp3) is 0.931. The van der Waals surface area contributed by atoms with Gasteiger partial charge in [0.15, 0.2) is 0 Å². The Morgan fingerprint density at radius 1 is 1.00 bits per heavy atom. The molecule has 224 valence electrons. The fourth-order valence-electron chi connectivity index (χ4n) is 9.77. The normalized spacial score (nSPS) is 41.6. The summed E-state index contributed by atoms with van der Waals surface area (Å²) < 4.78 is 11.2. The molecule has 0 aromatic rings. The molecule has 0 radical (unpaired) electrons. The Morgan fingerprint density at radius 2 is 1.72 bits per heavy atom. The second-order valence-electron chi connectivity index (χ2n) is 13.9. The third-order valence-electron chi connectivity index (χ3n) is 12.0. The quantitative estimate of drug-likeness (QED) is 0.216. The van der Waals surface area contributed by atoms with Crippen molar-refractivity contribution in [2.24, 2.45) is 52.3 Å². The molecule has 0 aromatic heterocycles. The molecule has 4 aliphatic carbocycles. The first-order chi connectivity index (χ1) is 18.2. The summed E-state index contributed by atoms with van der Waals surface area (Å²) in [5, 5.41) is 34.1. The van der Waals surface area contributed by atoms with E-state index in [2.05, 4.69) is 26.1 Å². The van der Waals surface area contributed by atoms with Gasteiger partial charge in [0.1, 0.15) is 0 Å². The third-order valence-corrected chi connectivity index (χ3v) is 12.9. The van der Waals surface area contributed by atoms with E-state index in [9.17, 15) is 29.5 Å². The van der Waals surface area contributed by atoms with Gasteiger partial charge in [-0.3, -0.25) is 14.2 Å². The van der Waals surface area contributed by atoms with Gasteiger partial charge in [-0.25, -0.2) is 0 Å². The van der Waals surface area contributed by atoms with Crippen molar-refractivity contribution in [3.8, 4) is 0 Å². The molecule has 4 rings (SSSR count). The summed E-state index contributed by atoms with van der Waals surface area (Å²) in [4.78, 5) is 41.8. The summed E-state index contributed by atoms with van der Waals surface area (Å²) in [5.41, 5.74) is 0.0720. The van der Waals surface area contributed by atoms with Gasteiger partial charge in [-0.2, -0.15) is 0 Å². The van der Waals surface area contributed by atoms with E-state index >= 15 is 0 Å². The first-order valence-electron chi connectivity index (χ1n) is 15.1. The van der Waals surface area contributed by atoms with Gasteiger partial charge >= 0.3 is 13.6 Å². The highest BCUT2D eigenvalue weighted by Gasteiger charge is 2.63. The van der Waals surface area contributed by atoms with Gasteiger partial charge in [0.2, 0.25) is 5.91 Å². The first-order valence-corrected chi connectivity index (χ1v) is 16.9. The molecule has 4 aliphatic rings. The molecule has 4 saturated carbocycles. The number of aliphatic hydroxyl groups is 2. The van der Waals surface area contributed by atoms with Crippen molar-refractivity contribution < 1.29 is 39.3 Å². The van der Waals surface area contributed by atoms with Gasteiger partial charge in [-0.15, -0.1) is 0 Å². The van der Waals surface area contributed by atoms with Crippen LogP contribution in [-0.4, -0.2) is 61.9 Å². The van der Waals surface area contributed by atoms with Crippen molar-refractivity contribution in [1.82, 2.24) is 5.32 Å². The van der Waals surface area contributed by atoms with E-state index in [1.165, 1.54) is 12.8 Å².